The predicted molar refractivity (Wildman–Crippen MR) is 70.0 cm³/mol. The van der Waals surface area contributed by atoms with Crippen molar-refractivity contribution in [2.75, 3.05) is 12.4 Å². The zero-order valence-electron chi connectivity index (χ0n) is 10.1. The maximum Gasteiger partial charge on any atom is 0.161 e. The van der Waals surface area contributed by atoms with Crippen LogP contribution in [0.1, 0.15) is 25.6 Å². The molecule has 0 fully saturated rings. The fourth-order valence-corrected chi connectivity index (χ4v) is 1.89. The number of nitrogens with one attached hydrogen (secondary N) is 1. The van der Waals surface area contributed by atoms with Crippen LogP contribution in [0.4, 0.5) is 5.69 Å². The van der Waals surface area contributed by atoms with Gasteiger partial charge in [-0.05, 0) is 6.07 Å². The maximum atomic E-state index is 5.93. The van der Waals surface area contributed by atoms with E-state index in [9.17, 15) is 0 Å². The monoisotopic (exact) mass is 250 g/mol. The van der Waals surface area contributed by atoms with E-state index in [0.717, 1.165) is 17.3 Å². The Morgan fingerprint density at radius 2 is 2.12 bits per heavy atom. The van der Waals surface area contributed by atoms with Gasteiger partial charge in [0.25, 0.3) is 0 Å². The Labute approximate surface area is 106 Å². The molecule has 0 bridgehead atoms. The van der Waals surface area contributed by atoms with E-state index >= 15 is 0 Å². The van der Waals surface area contributed by atoms with Gasteiger partial charge in [0.2, 0.25) is 0 Å². The predicted octanol–water partition coefficient (Wildman–Crippen LogP) is 3.09. The maximum absolute atomic E-state index is 5.93. The Hall–Kier alpha value is -1.55. The van der Waals surface area contributed by atoms with E-state index in [1.165, 1.54) is 0 Å². The van der Waals surface area contributed by atoms with E-state index in [1.807, 2.05) is 23.9 Å². The first kappa shape index (κ1) is 11.9. The molecule has 2 rings (SSSR count). The van der Waals surface area contributed by atoms with E-state index in [0.29, 0.717) is 10.9 Å². The Morgan fingerprint density at radius 1 is 1.35 bits per heavy atom. The second-order valence-corrected chi connectivity index (χ2v) is 4.52. The van der Waals surface area contributed by atoms with Crippen molar-refractivity contribution in [2.24, 2.45) is 0 Å². The summed E-state index contributed by atoms with van der Waals surface area (Å²) in [6.07, 6.45) is 5.33. The smallest absolute Gasteiger partial charge is 0.161 e. The van der Waals surface area contributed by atoms with E-state index < -0.39 is 0 Å². The highest BCUT2D eigenvalue weighted by molar-refractivity contribution is 6.30. The third kappa shape index (κ3) is 2.26. The fourth-order valence-electron chi connectivity index (χ4n) is 1.73. The molecule has 90 valence electrons. The lowest BCUT2D eigenvalue weighted by Gasteiger charge is -2.13. The van der Waals surface area contributed by atoms with E-state index in [4.69, 9.17) is 11.6 Å². The SMILES string of the molecule is CNc1cc(Cl)cnc1-n1ccnc1C(C)C. The average molecular weight is 251 g/mol. The van der Waals surface area contributed by atoms with Gasteiger partial charge >= 0.3 is 0 Å². The van der Waals surface area contributed by atoms with Gasteiger partial charge < -0.3 is 5.32 Å². The first-order valence-corrected chi connectivity index (χ1v) is 5.88. The highest BCUT2D eigenvalue weighted by Gasteiger charge is 2.12. The number of aromatic nitrogens is 3. The van der Waals surface area contributed by atoms with Crippen molar-refractivity contribution in [1.82, 2.24) is 14.5 Å². The molecule has 2 aromatic rings. The molecule has 0 radical (unpaired) electrons. The van der Waals surface area contributed by atoms with Gasteiger partial charge in [0.05, 0.1) is 10.7 Å². The number of anilines is 1. The summed E-state index contributed by atoms with van der Waals surface area (Å²) in [5.74, 6) is 2.14. The standard InChI is InChI=1S/C12H15ClN4/c1-8(2)11-15-4-5-17(11)12-10(14-3)6-9(13)7-16-12/h4-8,14H,1-3H3. The summed E-state index contributed by atoms with van der Waals surface area (Å²) in [4.78, 5) is 8.72. The molecule has 0 atom stereocenters. The molecule has 0 amide bonds. The number of pyridine rings is 1. The summed E-state index contributed by atoms with van der Waals surface area (Å²) >= 11 is 5.93. The Bertz CT molecular complexity index is 519. The van der Waals surface area contributed by atoms with Crippen LogP contribution < -0.4 is 5.32 Å². The molecule has 0 saturated carbocycles. The zero-order valence-corrected chi connectivity index (χ0v) is 10.9. The molecule has 1 N–H and O–H groups in total. The molecule has 2 aromatic heterocycles. The first-order valence-electron chi connectivity index (χ1n) is 5.50. The first-order chi connectivity index (χ1) is 8.13. The largest absolute Gasteiger partial charge is 0.385 e. The number of nitrogens with zero attached hydrogens (tertiary/aromatic N) is 3. The Kier molecular flexibility index (Phi) is 3.33. The molecule has 0 saturated heterocycles. The molecule has 0 aliphatic heterocycles. The van der Waals surface area contributed by atoms with Crippen LogP contribution in [-0.4, -0.2) is 21.6 Å². The van der Waals surface area contributed by atoms with Crippen molar-refractivity contribution in [3.8, 4) is 5.82 Å². The molecular formula is C12H15ClN4. The van der Waals surface area contributed by atoms with Gasteiger partial charge in [-0.1, -0.05) is 25.4 Å². The summed E-state index contributed by atoms with van der Waals surface area (Å²) in [5.41, 5.74) is 0.886. The van der Waals surface area contributed by atoms with E-state index in [2.05, 4.69) is 29.1 Å². The van der Waals surface area contributed by atoms with E-state index in [-0.39, 0.29) is 0 Å². The Balaban J connectivity index is 2.56. The third-order valence-corrected chi connectivity index (χ3v) is 2.72. The van der Waals surface area contributed by atoms with Crippen LogP contribution in [-0.2, 0) is 0 Å². The lowest BCUT2D eigenvalue weighted by molar-refractivity contribution is 0.744. The van der Waals surface area contributed by atoms with Crippen LogP contribution in [0.15, 0.2) is 24.7 Å². The zero-order chi connectivity index (χ0) is 12.4. The number of rotatable bonds is 3. The summed E-state index contributed by atoms with van der Waals surface area (Å²) in [7, 11) is 1.85. The quantitative estimate of drug-likeness (QED) is 0.910. The van der Waals surface area contributed by atoms with E-state index in [1.54, 1.807) is 12.4 Å². The number of hydrogen-bond acceptors (Lipinski definition) is 3. The van der Waals surface area contributed by atoms with Crippen molar-refractivity contribution < 1.29 is 0 Å². The van der Waals surface area contributed by atoms with Gasteiger partial charge in [0.15, 0.2) is 5.82 Å². The second kappa shape index (κ2) is 4.75. The fraction of sp³-hybridized carbons (Fsp3) is 0.333. The normalized spacial score (nSPS) is 10.9. The number of imidazole rings is 1. The van der Waals surface area contributed by atoms with Gasteiger partial charge in [-0.15, -0.1) is 0 Å². The lowest BCUT2D eigenvalue weighted by Crippen LogP contribution is -2.07. The topological polar surface area (TPSA) is 42.7 Å². The third-order valence-electron chi connectivity index (χ3n) is 2.52. The van der Waals surface area contributed by atoms with Gasteiger partial charge in [-0.25, -0.2) is 9.97 Å². The van der Waals surface area contributed by atoms with Crippen molar-refractivity contribution in [2.45, 2.75) is 19.8 Å². The summed E-state index contributed by atoms with van der Waals surface area (Å²) in [6, 6.07) is 1.86. The van der Waals surface area contributed by atoms with Crippen LogP contribution in [0.25, 0.3) is 5.82 Å². The van der Waals surface area contributed by atoms with Gasteiger partial charge in [-0.2, -0.15) is 0 Å². The second-order valence-electron chi connectivity index (χ2n) is 4.08. The van der Waals surface area contributed by atoms with Crippen LogP contribution in [0.5, 0.6) is 0 Å². The minimum Gasteiger partial charge on any atom is -0.385 e. The molecule has 0 aromatic carbocycles. The summed E-state index contributed by atoms with van der Waals surface area (Å²) in [5, 5.41) is 3.71. The Morgan fingerprint density at radius 3 is 2.76 bits per heavy atom. The van der Waals surface area contributed by atoms with Gasteiger partial charge in [0, 0.05) is 31.6 Å². The van der Waals surface area contributed by atoms with Gasteiger partial charge in [-0.3, -0.25) is 4.57 Å². The summed E-state index contributed by atoms with van der Waals surface area (Å²) in [6.45, 7) is 4.21. The van der Waals surface area contributed by atoms with Crippen LogP contribution >= 0.6 is 11.6 Å². The molecule has 0 aliphatic rings. The number of hydrogen-bond donors (Lipinski definition) is 1. The van der Waals surface area contributed by atoms with Crippen LogP contribution in [0.2, 0.25) is 5.02 Å². The van der Waals surface area contributed by atoms with Gasteiger partial charge in [0.1, 0.15) is 5.82 Å². The van der Waals surface area contributed by atoms with Crippen LogP contribution in [0.3, 0.4) is 0 Å². The van der Waals surface area contributed by atoms with Crippen molar-refractivity contribution in [3.63, 3.8) is 0 Å². The molecule has 2 heterocycles. The van der Waals surface area contributed by atoms with Crippen molar-refractivity contribution >= 4 is 17.3 Å². The number of halogens is 1. The highest BCUT2D eigenvalue weighted by Crippen LogP contribution is 2.24. The molecule has 4 nitrogen and oxygen atoms in total. The molecule has 17 heavy (non-hydrogen) atoms. The van der Waals surface area contributed by atoms with Crippen molar-refractivity contribution in [1.29, 1.82) is 0 Å². The summed E-state index contributed by atoms with van der Waals surface area (Å²) < 4.78 is 1.98. The van der Waals surface area contributed by atoms with Crippen LogP contribution in [0, 0.1) is 0 Å². The molecule has 0 unspecified atom stereocenters. The molecular weight excluding hydrogens is 236 g/mol. The average Bonchev–Trinajstić information content (AvgIpc) is 2.77. The minimum absolute atomic E-state index is 0.340. The molecule has 0 spiro atoms. The minimum atomic E-state index is 0.340. The lowest BCUT2D eigenvalue weighted by atomic mass is 10.2. The van der Waals surface area contributed by atoms with Crippen molar-refractivity contribution in [3.05, 3.63) is 35.5 Å². The highest BCUT2D eigenvalue weighted by atomic mass is 35.5. The molecule has 0 aliphatic carbocycles. The molecule has 5 heteroatoms.